The van der Waals surface area contributed by atoms with Gasteiger partial charge in [-0.25, -0.2) is 0 Å². The Morgan fingerprint density at radius 3 is 2.44 bits per heavy atom. The van der Waals surface area contributed by atoms with Crippen LogP contribution in [0.5, 0.6) is 0 Å². The molecule has 7 heteroatoms. The molecule has 84 valence electrons. The first-order chi connectivity index (χ1) is 6.87. The molecule has 1 rings (SSSR count). The van der Waals surface area contributed by atoms with E-state index in [1.807, 2.05) is 24.3 Å². The van der Waals surface area contributed by atoms with Crippen molar-refractivity contribution in [1.29, 1.82) is 0 Å². The van der Waals surface area contributed by atoms with Crippen molar-refractivity contribution in [3.63, 3.8) is 0 Å². The van der Waals surface area contributed by atoms with Gasteiger partial charge in [-0.2, -0.15) is 0 Å². The maximum atomic E-state index is 12.1. The summed E-state index contributed by atoms with van der Waals surface area (Å²) in [5.74, 6) is 0. The average molecular weight is 320 g/mol. The van der Waals surface area contributed by atoms with Gasteiger partial charge in [-0.05, 0) is 31.2 Å². The van der Waals surface area contributed by atoms with E-state index in [2.05, 4.69) is 15.9 Å². The van der Waals surface area contributed by atoms with Crippen LogP contribution in [-0.2, 0) is 6.54 Å². The topological polar surface area (TPSA) is 3.24 Å². The summed E-state index contributed by atoms with van der Waals surface area (Å²) in [6.07, 6.45) is -0.827. The minimum absolute atomic E-state index is 0. The van der Waals surface area contributed by atoms with Crippen LogP contribution in [0.15, 0.2) is 28.7 Å². The molecule has 0 saturated carbocycles. The molecule has 0 atom stereocenters. The fourth-order valence-electron chi connectivity index (χ4n) is 1.36. The number of nitrogens with zero attached hydrogens (tertiary/aromatic N) is 1. The van der Waals surface area contributed by atoms with Gasteiger partial charge < -0.3 is 17.8 Å². The molecule has 0 aliphatic rings. The second-order valence-corrected chi connectivity index (χ2v) is 4.45. The second-order valence-electron chi connectivity index (χ2n) is 3.54. The van der Waals surface area contributed by atoms with Gasteiger partial charge in [0.15, 0.2) is 0 Å². The van der Waals surface area contributed by atoms with E-state index in [9.17, 15) is 12.9 Å². The van der Waals surface area contributed by atoms with E-state index in [4.69, 9.17) is 0 Å². The summed E-state index contributed by atoms with van der Waals surface area (Å²) < 4.78 is 37.2. The van der Waals surface area contributed by atoms with Crippen molar-refractivity contribution in [3.8, 4) is 0 Å². The SMILES string of the molecule is CN(Cc1cccc(Br)c1)C[B-](F)(F)F.[K+]. The first-order valence-electron chi connectivity index (χ1n) is 4.51. The smallest absolute Gasteiger partial charge is 0.448 e. The van der Waals surface area contributed by atoms with Gasteiger partial charge in [0.25, 0.3) is 0 Å². The van der Waals surface area contributed by atoms with Crippen LogP contribution in [0.2, 0.25) is 0 Å². The minimum atomic E-state index is -4.74. The molecule has 0 heterocycles. The largest absolute Gasteiger partial charge is 1.00 e. The Morgan fingerprint density at radius 2 is 1.94 bits per heavy atom. The molecule has 0 unspecified atom stereocenters. The van der Waals surface area contributed by atoms with Gasteiger partial charge >= 0.3 is 58.4 Å². The van der Waals surface area contributed by atoms with Crippen LogP contribution in [0.1, 0.15) is 5.56 Å². The molecule has 0 radical (unpaired) electrons. The van der Waals surface area contributed by atoms with Gasteiger partial charge in [-0.1, -0.05) is 28.1 Å². The molecule has 1 aromatic carbocycles. The zero-order valence-electron chi connectivity index (χ0n) is 9.26. The molecule has 0 saturated heterocycles. The predicted octanol–water partition coefficient (Wildman–Crippen LogP) is 0.271. The monoisotopic (exact) mass is 319 g/mol. The Bertz CT molecular complexity index is 335. The van der Waals surface area contributed by atoms with E-state index in [1.54, 1.807) is 0 Å². The number of benzene rings is 1. The van der Waals surface area contributed by atoms with Crippen molar-refractivity contribution in [2.75, 3.05) is 13.5 Å². The summed E-state index contributed by atoms with van der Waals surface area (Å²) >= 11 is 3.28. The molecule has 0 amide bonds. The molecule has 0 aliphatic heterocycles. The average Bonchev–Trinajstić information content (AvgIpc) is 1.99. The number of halogens is 4. The van der Waals surface area contributed by atoms with Crippen LogP contribution in [0.4, 0.5) is 12.9 Å². The second kappa shape index (κ2) is 7.56. The van der Waals surface area contributed by atoms with Crippen LogP contribution < -0.4 is 51.4 Å². The van der Waals surface area contributed by atoms with Crippen LogP contribution in [0.25, 0.3) is 0 Å². The van der Waals surface area contributed by atoms with Crippen molar-refractivity contribution < 1.29 is 64.3 Å². The van der Waals surface area contributed by atoms with E-state index in [0.717, 1.165) is 10.0 Å². The van der Waals surface area contributed by atoms with Gasteiger partial charge in [-0.3, -0.25) is 0 Å². The molecule has 0 aromatic heterocycles. The molecule has 1 nitrogen and oxygen atoms in total. The van der Waals surface area contributed by atoms with Gasteiger partial charge in [0.1, 0.15) is 0 Å². The maximum absolute atomic E-state index is 12.1. The Morgan fingerprint density at radius 1 is 1.31 bits per heavy atom. The zero-order valence-corrected chi connectivity index (χ0v) is 14.0. The normalized spacial score (nSPS) is 11.4. The summed E-state index contributed by atoms with van der Waals surface area (Å²) in [6.45, 7) is -4.43. The van der Waals surface area contributed by atoms with Crippen LogP contribution in [0, 0.1) is 0 Å². The molecule has 0 spiro atoms. The molecular formula is C9H11BBrF3KN. The third-order valence-corrected chi connectivity index (χ3v) is 2.35. The predicted molar refractivity (Wildman–Crippen MR) is 59.6 cm³/mol. The van der Waals surface area contributed by atoms with Crippen molar-refractivity contribution in [2.45, 2.75) is 6.54 Å². The number of rotatable bonds is 4. The molecule has 0 aliphatic carbocycles. The maximum Gasteiger partial charge on any atom is 1.00 e. The third kappa shape index (κ3) is 7.47. The molecule has 0 N–H and O–H groups in total. The Hall–Kier alpha value is 1.15. The molecular weight excluding hydrogens is 309 g/mol. The Balaban J connectivity index is 0.00000225. The van der Waals surface area contributed by atoms with Gasteiger partial charge in [0.2, 0.25) is 0 Å². The summed E-state index contributed by atoms with van der Waals surface area (Å²) in [4.78, 5) is 1.27. The molecule has 0 bridgehead atoms. The van der Waals surface area contributed by atoms with Gasteiger partial charge in [0, 0.05) is 11.0 Å². The van der Waals surface area contributed by atoms with E-state index < -0.39 is 13.4 Å². The first kappa shape index (κ1) is 17.2. The van der Waals surface area contributed by atoms with Gasteiger partial charge in [-0.15, -0.1) is 0 Å². The minimum Gasteiger partial charge on any atom is -0.448 e. The van der Waals surface area contributed by atoms with Crippen LogP contribution in [0.3, 0.4) is 0 Å². The standard InChI is InChI=1S/C9H11BBrF3N.K/c1-15(7-10(12,13)14)6-8-3-2-4-9(11)5-8;/h2-5H,6-7H2,1H3;/q-1;+1. The van der Waals surface area contributed by atoms with E-state index in [-0.39, 0.29) is 51.4 Å². The number of hydrogen-bond acceptors (Lipinski definition) is 1. The Kier molecular flexibility index (Phi) is 8.10. The van der Waals surface area contributed by atoms with E-state index in [0.29, 0.717) is 6.54 Å². The van der Waals surface area contributed by atoms with Crippen LogP contribution in [-0.4, -0.2) is 25.4 Å². The first-order valence-corrected chi connectivity index (χ1v) is 5.30. The van der Waals surface area contributed by atoms with Gasteiger partial charge in [0.05, 0.1) is 0 Å². The van der Waals surface area contributed by atoms with Crippen molar-refractivity contribution in [3.05, 3.63) is 34.3 Å². The Labute approximate surface area is 144 Å². The van der Waals surface area contributed by atoms with Crippen molar-refractivity contribution in [1.82, 2.24) is 4.90 Å². The third-order valence-electron chi connectivity index (χ3n) is 1.86. The summed E-state index contributed by atoms with van der Waals surface area (Å²) in [5, 5.41) is 0. The molecule has 16 heavy (non-hydrogen) atoms. The van der Waals surface area contributed by atoms with Crippen LogP contribution >= 0.6 is 15.9 Å². The molecule has 1 aromatic rings. The molecule has 0 fully saturated rings. The van der Waals surface area contributed by atoms with E-state index in [1.165, 1.54) is 11.9 Å². The van der Waals surface area contributed by atoms with Crippen molar-refractivity contribution >= 4 is 22.9 Å². The fraction of sp³-hybridized carbons (Fsp3) is 0.333. The summed E-state index contributed by atoms with van der Waals surface area (Å²) in [6, 6.07) is 7.29. The zero-order chi connectivity index (χ0) is 11.5. The quantitative estimate of drug-likeness (QED) is 0.720. The summed E-state index contributed by atoms with van der Waals surface area (Å²) in [7, 11) is 1.47. The van der Waals surface area contributed by atoms with E-state index >= 15 is 0 Å². The number of hydrogen-bond donors (Lipinski definition) is 0. The van der Waals surface area contributed by atoms with Crippen molar-refractivity contribution in [2.24, 2.45) is 0 Å². The summed E-state index contributed by atoms with van der Waals surface area (Å²) in [5.41, 5.74) is 0.868. The fourth-order valence-corrected chi connectivity index (χ4v) is 1.81.